The molecule has 2 aromatic rings. The maximum Gasteiger partial charge on any atom is 0.313 e. The molecule has 18 heavy (non-hydrogen) atoms. The van der Waals surface area contributed by atoms with Gasteiger partial charge < -0.3 is 9.67 Å². The number of pyridine rings is 1. The van der Waals surface area contributed by atoms with Crippen molar-refractivity contribution in [3.8, 4) is 0 Å². The minimum atomic E-state index is -0.795. The first-order chi connectivity index (χ1) is 8.72. The molecule has 0 saturated carbocycles. The van der Waals surface area contributed by atoms with E-state index in [0.29, 0.717) is 5.75 Å². The zero-order valence-corrected chi connectivity index (χ0v) is 11.0. The van der Waals surface area contributed by atoms with Crippen molar-refractivity contribution in [3.63, 3.8) is 0 Å². The van der Waals surface area contributed by atoms with E-state index >= 15 is 0 Å². The summed E-state index contributed by atoms with van der Waals surface area (Å²) in [5, 5.41) is 8.64. The topological polar surface area (TPSA) is 68.0 Å². The van der Waals surface area contributed by atoms with Crippen molar-refractivity contribution in [2.24, 2.45) is 0 Å². The van der Waals surface area contributed by atoms with Gasteiger partial charge in [0, 0.05) is 12.7 Å². The molecule has 5 nitrogen and oxygen atoms in total. The molecule has 0 bridgehead atoms. The predicted molar refractivity (Wildman–Crippen MR) is 71.6 cm³/mol. The van der Waals surface area contributed by atoms with Crippen LogP contribution in [-0.4, -0.2) is 31.4 Å². The van der Waals surface area contributed by atoms with Crippen LogP contribution in [0.2, 0.25) is 0 Å². The molecule has 0 aliphatic carbocycles. The summed E-state index contributed by atoms with van der Waals surface area (Å²) in [6, 6.07) is 3.79. The van der Waals surface area contributed by atoms with Crippen LogP contribution in [0.15, 0.2) is 18.3 Å². The minimum Gasteiger partial charge on any atom is -0.481 e. The molecule has 2 aromatic heterocycles. The van der Waals surface area contributed by atoms with Gasteiger partial charge >= 0.3 is 5.97 Å². The number of hydrogen-bond acceptors (Lipinski definition) is 4. The van der Waals surface area contributed by atoms with Crippen LogP contribution in [0.4, 0.5) is 0 Å². The van der Waals surface area contributed by atoms with Crippen molar-refractivity contribution in [3.05, 3.63) is 24.2 Å². The van der Waals surface area contributed by atoms with E-state index in [1.165, 1.54) is 11.8 Å². The van der Waals surface area contributed by atoms with Crippen molar-refractivity contribution in [2.75, 3.05) is 5.75 Å². The van der Waals surface area contributed by atoms with Crippen LogP contribution in [0.5, 0.6) is 0 Å². The van der Waals surface area contributed by atoms with E-state index in [4.69, 9.17) is 5.11 Å². The Kier molecular flexibility index (Phi) is 4.19. The molecule has 0 saturated heterocycles. The number of aryl methyl sites for hydroxylation is 1. The normalized spacial score (nSPS) is 10.9. The number of aromatic nitrogens is 3. The van der Waals surface area contributed by atoms with Crippen LogP contribution in [0, 0.1) is 0 Å². The van der Waals surface area contributed by atoms with Gasteiger partial charge in [-0.1, -0.05) is 6.92 Å². The average Bonchev–Trinajstić information content (AvgIpc) is 2.68. The first-order valence-electron chi connectivity index (χ1n) is 5.82. The zero-order chi connectivity index (χ0) is 13.0. The Morgan fingerprint density at radius 2 is 2.39 bits per heavy atom. The average molecular weight is 265 g/mol. The summed E-state index contributed by atoms with van der Waals surface area (Å²) in [5.74, 6) is 0.805. The Bertz CT molecular complexity index is 553. The maximum absolute atomic E-state index is 10.5. The van der Waals surface area contributed by atoms with Crippen molar-refractivity contribution < 1.29 is 9.90 Å². The summed E-state index contributed by atoms with van der Waals surface area (Å²) in [6.45, 7) is 2.96. The molecule has 6 heteroatoms. The second-order valence-electron chi connectivity index (χ2n) is 3.91. The van der Waals surface area contributed by atoms with Crippen LogP contribution >= 0.6 is 11.8 Å². The summed E-state index contributed by atoms with van der Waals surface area (Å²) in [7, 11) is 0. The van der Waals surface area contributed by atoms with E-state index in [1.807, 2.05) is 12.1 Å². The first kappa shape index (κ1) is 12.9. The Morgan fingerprint density at radius 3 is 3.11 bits per heavy atom. The number of rotatable bonds is 6. The third kappa shape index (κ3) is 2.81. The zero-order valence-electron chi connectivity index (χ0n) is 10.2. The summed E-state index contributed by atoms with van der Waals surface area (Å²) < 4.78 is 2.07. The van der Waals surface area contributed by atoms with E-state index in [9.17, 15) is 4.79 Å². The Labute approximate surface area is 109 Å². The van der Waals surface area contributed by atoms with E-state index in [-0.39, 0.29) is 5.75 Å². The van der Waals surface area contributed by atoms with E-state index in [1.54, 1.807) is 6.20 Å². The molecule has 0 fully saturated rings. The lowest BCUT2D eigenvalue weighted by Gasteiger charge is -2.05. The van der Waals surface area contributed by atoms with E-state index in [2.05, 4.69) is 21.5 Å². The van der Waals surface area contributed by atoms with Gasteiger partial charge in [0.05, 0.1) is 11.5 Å². The molecule has 2 rings (SSSR count). The van der Waals surface area contributed by atoms with Crippen molar-refractivity contribution in [1.29, 1.82) is 0 Å². The molecule has 0 atom stereocenters. The number of carboxylic acid groups (broad SMARTS) is 1. The molecule has 0 aromatic carbocycles. The lowest BCUT2D eigenvalue weighted by molar-refractivity contribution is -0.133. The van der Waals surface area contributed by atoms with Crippen LogP contribution in [0.3, 0.4) is 0 Å². The van der Waals surface area contributed by atoms with E-state index < -0.39 is 5.97 Å². The van der Waals surface area contributed by atoms with Crippen LogP contribution in [-0.2, 0) is 17.1 Å². The maximum atomic E-state index is 10.5. The molecule has 1 N–H and O–H groups in total. The third-order valence-electron chi connectivity index (χ3n) is 2.49. The number of hydrogen-bond donors (Lipinski definition) is 1. The van der Waals surface area contributed by atoms with Gasteiger partial charge in [-0.15, -0.1) is 11.8 Å². The molecule has 0 radical (unpaired) electrons. The molecule has 0 spiro atoms. The highest BCUT2D eigenvalue weighted by atomic mass is 32.2. The fourth-order valence-corrected chi connectivity index (χ4v) is 2.48. The van der Waals surface area contributed by atoms with E-state index in [0.717, 1.165) is 30.0 Å². The van der Waals surface area contributed by atoms with Crippen molar-refractivity contribution in [2.45, 2.75) is 25.6 Å². The molecule has 0 aliphatic rings. The Hall–Kier alpha value is -1.56. The lowest BCUT2D eigenvalue weighted by atomic mass is 10.4. The van der Waals surface area contributed by atoms with Crippen LogP contribution < -0.4 is 0 Å². The summed E-state index contributed by atoms with van der Waals surface area (Å²) in [5.41, 5.74) is 1.75. The third-order valence-corrected chi connectivity index (χ3v) is 3.40. The molecule has 2 heterocycles. The smallest absolute Gasteiger partial charge is 0.313 e. The Morgan fingerprint density at radius 1 is 1.56 bits per heavy atom. The number of carbonyl (C=O) groups is 1. The quantitative estimate of drug-likeness (QED) is 0.866. The molecule has 0 amide bonds. The molecule has 0 unspecified atom stereocenters. The van der Waals surface area contributed by atoms with Gasteiger partial charge in [-0.05, 0) is 18.6 Å². The standard InChI is InChI=1S/C12H15N3O2S/c1-2-6-15-10(7-18-8-11(16)17)14-9-4-3-5-13-12(9)15/h3-5H,2,6-8H2,1H3,(H,16,17). The highest BCUT2D eigenvalue weighted by Gasteiger charge is 2.11. The number of carboxylic acids is 1. The molecular formula is C12H15N3O2S. The summed E-state index contributed by atoms with van der Waals surface area (Å²) >= 11 is 1.36. The van der Waals surface area contributed by atoms with Crippen LogP contribution in [0.1, 0.15) is 19.2 Å². The second-order valence-corrected chi connectivity index (χ2v) is 4.90. The lowest BCUT2D eigenvalue weighted by Crippen LogP contribution is -2.05. The van der Waals surface area contributed by atoms with Crippen LogP contribution in [0.25, 0.3) is 11.2 Å². The minimum absolute atomic E-state index is 0.1000. The molecule has 96 valence electrons. The molecule has 0 aliphatic heterocycles. The highest BCUT2D eigenvalue weighted by molar-refractivity contribution is 7.99. The van der Waals surface area contributed by atoms with Gasteiger partial charge in [0.1, 0.15) is 11.3 Å². The summed E-state index contributed by atoms with van der Waals surface area (Å²) in [6.07, 6.45) is 2.75. The van der Waals surface area contributed by atoms with Crippen molar-refractivity contribution >= 4 is 28.9 Å². The molecular weight excluding hydrogens is 250 g/mol. The fraction of sp³-hybridized carbons (Fsp3) is 0.417. The number of aliphatic carboxylic acids is 1. The largest absolute Gasteiger partial charge is 0.481 e. The van der Waals surface area contributed by atoms with Gasteiger partial charge in [-0.3, -0.25) is 4.79 Å². The first-order valence-corrected chi connectivity index (χ1v) is 6.97. The number of nitrogens with zero attached hydrogens (tertiary/aromatic N) is 3. The number of thioether (sulfide) groups is 1. The van der Waals surface area contributed by atoms with Gasteiger partial charge in [-0.2, -0.15) is 0 Å². The summed E-state index contributed by atoms with van der Waals surface area (Å²) in [4.78, 5) is 19.4. The highest BCUT2D eigenvalue weighted by Crippen LogP contribution is 2.18. The number of fused-ring (bicyclic) bond motifs is 1. The van der Waals surface area contributed by atoms with Gasteiger partial charge in [0.15, 0.2) is 5.65 Å². The fourth-order valence-electron chi connectivity index (χ4n) is 1.80. The van der Waals surface area contributed by atoms with Gasteiger partial charge in [0.25, 0.3) is 0 Å². The predicted octanol–water partition coefficient (Wildman–Crippen LogP) is 2.16. The van der Waals surface area contributed by atoms with Gasteiger partial charge in [0.2, 0.25) is 0 Å². The monoisotopic (exact) mass is 265 g/mol. The SMILES string of the molecule is CCCn1c(CSCC(=O)O)nc2cccnc21. The number of imidazole rings is 1. The Balaban J connectivity index is 2.24. The van der Waals surface area contributed by atoms with Gasteiger partial charge in [-0.25, -0.2) is 9.97 Å². The van der Waals surface area contributed by atoms with Crippen molar-refractivity contribution in [1.82, 2.24) is 14.5 Å². The second kappa shape index (κ2) is 5.86.